The Labute approximate surface area is 162 Å². The molecule has 1 unspecified atom stereocenters. The number of aromatic nitrogens is 4. The van der Waals surface area contributed by atoms with Crippen molar-refractivity contribution in [3.8, 4) is 0 Å². The van der Waals surface area contributed by atoms with E-state index in [2.05, 4.69) is 20.4 Å². The Hall–Kier alpha value is -2.10. The number of cyclic esters (lactones) is 1. The first kappa shape index (κ1) is 18.7. The first-order valence-corrected chi connectivity index (χ1v) is 10.0. The lowest BCUT2D eigenvalue weighted by Gasteiger charge is -2.25. The van der Waals surface area contributed by atoms with Crippen molar-refractivity contribution in [2.45, 2.75) is 20.5 Å². The van der Waals surface area contributed by atoms with Crippen molar-refractivity contribution in [3.05, 3.63) is 10.7 Å². The van der Waals surface area contributed by atoms with Crippen LogP contribution in [-0.2, 0) is 19.1 Å². The number of rotatable bonds is 6. The highest BCUT2D eigenvalue weighted by Gasteiger charge is 2.58. The van der Waals surface area contributed by atoms with Gasteiger partial charge in [-0.25, -0.2) is 9.59 Å². The molecule has 3 rings (SSSR count). The van der Waals surface area contributed by atoms with Gasteiger partial charge in [0, 0.05) is 0 Å². The lowest BCUT2D eigenvalue weighted by molar-refractivity contribution is -0.163. The van der Waals surface area contributed by atoms with Crippen LogP contribution in [0, 0.1) is 0 Å². The van der Waals surface area contributed by atoms with E-state index < -0.39 is 22.6 Å². The molecule has 0 spiro atoms. The minimum absolute atomic E-state index is 0.0292. The molecule has 11 nitrogen and oxygen atoms in total. The molecule has 1 atom stereocenters. The van der Waals surface area contributed by atoms with Gasteiger partial charge in [0.15, 0.2) is 8.68 Å². The maximum Gasteiger partial charge on any atom is 0.376 e. The monoisotopic (exact) mass is 434 g/mol. The third-order valence-electron chi connectivity index (χ3n) is 2.75. The molecular weight excluding hydrogens is 424 g/mol. The van der Waals surface area contributed by atoms with Crippen molar-refractivity contribution in [3.63, 3.8) is 0 Å². The maximum absolute atomic E-state index is 12.7. The Balaban J connectivity index is 2.04. The van der Waals surface area contributed by atoms with E-state index in [1.807, 2.05) is 0 Å². The topological polar surface area (TPSA) is 176 Å². The molecule has 0 bridgehead atoms. The molecular formula is C11H10N6O5S4. The summed E-state index contributed by atoms with van der Waals surface area (Å²) in [5.41, 5.74) is 11.1. The van der Waals surface area contributed by atoms with E-state index in [9.17, 15) is 14.7 Å². The average molecular weight is 435 g/mol. The molecule has 1 aliphatic rings. The zero-order valence-electron chi connectivity index (χ0n) is 12.9. The van der Waals surface area contributed by atoms with Gasteiger partial charge in [0.2, 0.25) is 16.0 Å². The van der Waals surface area contributed by atoms with Gasteiger partial charge in [-0.2, -0.15) is 0 Å². The van der Waals surface area contributed by atoms with Crippen LogP contribution in [0.5, 0.6) is 0 Å². The predicted molar refractivity (Wildman–Crippen MR) is 95.5 cm³/mol. The van der Waals surface area contributed by atoms with E-state index in [1.54, 1.807) is 6.92 Å². The number of nitrogens with two attached hydrogens (primary N) is 2. The Bertz CT molecular complexity index is 897. The average Bonchev–Trinajstić information content (AvgIpc) is 3.24. The van der Waals surface area contributed by atoms with Crippen LogP contribution in [0.4, 0.5) is 10.3 Å². The summed E-state index contributed by atoms with van der Waals surface area (Å²) < 4.78 is 10.8. The Kier molecular flexibility index (Phi) is 5.22. The molecule has 0 saturated carbocycles. The van der Waals surface area contributed by atoms with E-state index in [4.69, 9.17) is 20.9 Å². The van der Waals surface area contributed by atoms with Crippen LogP contribution in [0.25, 0.3) is 0 Å². The highest BCUT2D eigenvalue weighted by atomic mass is 32.2. The number of ether oxygens (including phenoxy) is 2. The maximum atomic E-state index is 12.7. The van der Waals surface area contributed by atoms with Crippen molar-refractivity contribution in [2.24, 2.45) is 0 Å². The van der Waals surface area contributed by atoms with Crippen molar-refractivity contribution < 1.29 is 24.2 Å². The molecule has 15 heteroatoms. The van der Waals surface area contributed by atoms with E-state index in [0.29, 0.717) is 4.34 Å². The summed E-state index contributed by atoms with van der Waals surface area (Å²) in [5.74, 6) is -2.71. The molecule has 138 valence electrons. The fourth-order valence-corrected chi connectivity index (χ4v) is 5.65. The lowest BCUT2D eigenvalue weighted by atomic mass is 10.3. The zero-order valence-corrected chi connectivity index (χ0v) is 16.1. The highest BCUT2D eigenvalue weighted by molar-refractivity contribution is 8.08. The molecule has 0 radical (unpaired) electrons. The quantitative estimate of drug-likeness (QED) is 0.550. The second-order valence-electron chi connectivity index (χ2n) is 4.42. The van der Waals surface area contributed by atoms with E-state index in [0.717, 1.165) is 46.2 Å². The number of nitrogen functional groups attached to an aromatic ring is 2. The van der Waals surface area contributed by atoms with E-state index in [-0.39, 0.29) is 26.1 Å². The van der Waals surface area contributed by atoms with Crippen molar-refractivity contribution in [2.75, 3.05) is 18.1 Å². The zero-order chi connectivity index (χ0) is 18.9. The van der Waals surface area contributed by atoms with Gasteiger partial charge in [0.25, 0.3) is 4.93 Å². The second kappa shape index (κ2) is 7.26. The van der Waals surface area contributed by atoms with E-state index in [1.165, 1.54) is 0 Å². The SMILES string of the molecule is CCOC(=O)C1(Sc2nnc(N)s2)OC(=O)C(O)=C1Sc1nnc(N)s1. The third kappa shape index (κ3) is 3.42. The highest BCUT2D eigenvalue weighted by Crippen LogP contribution is 2.53. The van der Waals surface area contributed by atoms with Gasteiger partial charge in [-0.15, -0.1) is 20.4 Å². The van der Waals surface area contributed by atoms with Gasteiger partial charge in [0.05, 0.1) is 6.61 Å². The number of esters is 2. The number of anilines is 2. The number of nitrogens with zero attached hydrogens (tertiary/aromatic N) is 4. The number of carbonyl (C=O) groups is 2. The number of hydrogen-bond donors (Lipinski definition) is 3. The molecule has 2 aromatic heterocycles. The number of thioether (sulfide) groups is 2. The summed E-state index contributed by atoms with van der Waals surface area (Å²) in [7, 11) is 0. The Morgan fingerprint density at radius 1 is 1.23 bits per heavy atom. The Morgan fingerprint density at radius 3 is 2.38 bits per heavy atom. The van der Waals surface area contributed by atoms with Crippen LogP contribution in [0.3, 0.4) is 0 Å². The summed E-state index contributed by atoms with van der Waals surface area (Å²) in [4.78, 5) is 22.6. The van der Waals surface area contributed by atoms with Gasteiger partial charge >= 0.3 is 11.9 Å². The molecule has 26 heavy (non-hydrogen) atoms. The minimum atomic E-state index is -2.01. The second-order valence-corrected chi connectivity index (χ2v) is 9.12. The van der Waals surface area contributed by atoms with Crippen molar-refractivity contribution >= 4 is 68.4 Å². The molecule has 2 aromatic rings. The first-order valence-electron chi connectivity index (χ1n) is 6.74. The molecule has 5 N–H and O–H groups in total. The summed E-state index contributed by atoms with van der Waals surface area (Å²) >= 11 is 3.56. The summed E-state index contributed by atoms with van der Waals surface area (Å²) in [5, 5.41) is 25.5. The van der Waals surface area contributed by atoms with Gasteiger partial charge in [-0.1, -0.05) is 34.4 Å². The molecule has 0 amide bonds. The first-order chi connectivity index (χ1) is 12.4. The van der Waals surface area contributed by atoms with Gasteiger partial charge in [-0.3, -0.25) is 0 Å². The predicted octanol–water partition coefficient (Wildman–Crippen LogP) is 1.02. The van der Waals surface area contributed by atoms with Crippen molar-refractivity contribution in [1.82, 2.24) is 20.4 Å². The number of hydrogen-bond acceptors (Lipinski definition) is 15. The molecule has 0 fully saturated rings. The van der Waals surface area contributed by atoms with Crippen LogP contribution in [-0.4, -0.2) is 49.0 Å². The standard InChI is InChI=1S/C11H10N6O5S4/c1-2-21-6(20)11(26-10-17-15-8(13)25-10)4(3(18)5(19)22-11)23-9-16-14-7(12)24-9/h18H,2H2,1H3,(H2,12,14)(H2,13,15). The van der Waals surface area contributed by atoms with E-state index >= 15 is 0 Å². The normalized spacial score (nSPS) is 19.7. The molecule has 0 aromatic carbocycles. The Morgan fingerprint density at radius 2 is 1.85 bits per heavy atom. The van der Waals surface area contributed by atoms with Crippen LogP contribution in [0.15, 0.2) is 19.3 Å². The van der Waals surface area contributed by atoms with Gasteiger partial charge < -0.3 is 26.0 Å². The summed E-state index contributed by atoms with van der Waals surface area (Å²) in [6.45, 7) is 1.62. The van der Waals surface area contributed by atoms with Crippen LogP contribution < -0.4 is 11.5 Å². The van der Waals surface area contributed by atoms with Crippen LogP contribution >= 0.6 is 46.2 Å². The number of aliphatic hydroxyl groups is 1. The molecule has 0 saturated heterocycles. The lowest BCUT2D eigenvalue weighted by Crippen LogP contribution is -2.39. The molecule has 0 aliphatic carbocycles. The van der Waals surface area contributed by atoms with Gasteiger partial charge in [0.1, 0.15) is 4.91 Å². The van der Waals surface area contributed by atoms with Gasteiger partial charge in [-0.05, 0) is 18.7 Å². The third-order valence-corrected chi connectivity index (χ3v) is 6.91. The smallest absolute Gasteiger partial charge is 0.376 e. The van der Waals surface area contributed by atoms with Crippen molar-refractivity contribution in [1.29, 1.82) is 0 Å². The minimum Gasteiger partial charge on any atom is -0.501 e. The fourth-order valence-electron chi connectivity index (χ4n) is 1.79. The van der Waals surface area contributed by atoms with Crippen LogP contribution in [0.1, 0.15) is 6.92 Å². The summed E-state index contributed by atoms with van der Waals surface area (Å²) in [6, 6.07) is 0. The largest absolute Gasteiger partial charge is 0.501 e. The number of aliphatic hydroxyl groups excluding tert-OH is 1. The van der Waals surface area contributed by atoms with Crippen LogP contribution in [0.2, 0.25) is 0 Å². The molecule has 1 aliphatic heterocycles. The summed E-state index contributed by atoms with van der Waals surface area (Å²) in [6.07, 6.45) is 0. The molecule has 3 heterocycles. The number of carbonyl (C=O) groups excluding carboxylic acids is 2. The fraction of sp³-hybridized carbons (Fsp3) is 0.273.